The molecule has 5 rings (SSSR count). The van der Waals surface area contributed by atoms with Gasteiger partial charge < -0.3 is 4.74 Å². The smallest absolute Gasteiger partial charge is 0.269 e. The maximum atomic E-state index is 11.3. The lowest BCUT2D eigenvalue weighted by Gasteiger charge is -2.38. The van der Waals surface area contributed by atoms with Crippen molar-refractivity contribution in [2.75, 3.05) is 0 Å². The predicted molar refractivity (Wildman–Crippen MR) is 115 cm³/mol. The van der Waals surface area contributed by atoms with Crippen LogP contribution in [0.4, 0.5) is 5.69 Å². The first-order valence-corrected chi connectivity index (χ1v) is 10.0. The lowest BCUT2D eigenvalue weighted by atomic mass is 9.95. The molecule has 150 valence electrons. The Bertz CT molecular complexity index is 1180. The number of nitro benzene ring substituents is 1. The molecule has 30 heavy (non-hydrogen) atoms. The van der Waals surface area contributed by atoms with Gasteiger partial charge in [-0.3, -0.25) is 10.1 Å². The van der Waals surface area contributed by atoms with Crippen LogP contribution in [0.5, 0.6) is 5.75 Å². The Morgan fingerprint density at radius 2 is 1.93 bits per heavy atom. The summed E-state index contributed by atoms with van der Waals surface area (Å²) < 4.78 is 6.26. The van der Waals surface area contributed by atoms with Crippen LogP contribution in [0, 0.1) is 17.0 Å². The van der Waals surface area contributed by atoms with Crippen molar-refractivity contribution in [1.29, 1.82) is 0 Å². The van der Waals surface area contributed by atoms with Gasteiger partial charge in [0.1, 0.15) is 5.75 Å². The van der Waals surface area contributed by atoms with Gasteiger partial charge in [-0.2, -0.15) is 5.10 Å². The number of benzene rings is 3. The maximum Gasteiger partial charge on any atom is 0.269 e. The average Bonchev–Trinajstić information content (AvgIpc) is 3.19. The molecule has 2 heterocycles. The first-order chi connectivity index (χ1) is 14.5. The van der Waals surface area contributed by atoms with Gasteiger partial charge in [-0.05, 0) is 30.7 Å². The van der Waals surface area contributed by atoms with Crippen LogP contribution in [-0.4, -0.2) is 15.6 Å². The SMILES string of the molecule is Cc1ccc(C2=NN3C(C2)c2cc(Cl)ccc2OC3c2cccc([N+](=O)[O-])c2)cc1. The number of ether oxygens (including phenoxy) is 1. The van der Waals surface area contributed by atoms with E-state index >= 15 is 0 Å². The van der Waals surface area contributed by atoms with Crippen molar-refractivity contribution in [3.8, 4) is 5.75 Å². The molecule has 0 aromatic heterocycles. The highest BCUT2D eigenvalue weighted by molar-refractivity contribution is 6.30. The van der Waals surface area contributed by atoms with E-state index in [9.17, 15) is 10.1 Å². The summed E-state index contributed by atoms with van der Waals surface area (Å²) in [4.78, 5) is 10.9. The second-order valence-electron chi connectivity index (χ2n) is 7.52. The molecule has 0 radical (unpaired) electrons. The van der Waals surface area contributed by atoms with Crippen molar-refractivity contribution < 1.29 is 9.66 Å². The monoisotopic (exact) mass is 419 g/mol. The fourth-order valence-corrected chi connectivity index (χ4v) is 4.17. The van der Waals surface area contributed by atoms with Crippen LogP contribution >= 0.6 is 11.6 Å². The van der Waals surface area contributed by atoms with Crippen LogP contribution in [0.1, 0.15) is 40.9 Å². The fourth-order valence-electron chi connectivity index (χ4n) is 3.99. The number of aryl methyl sites for hydroxylation is 1. The normalized spacial score (nSPS) is 19.5. The molecule has 0 saturated heterocycles. The third kappa shape index (κ3) is 3.19. The lowest BCUT2D eigenvalue weighted by Crippen LogP contribution is -2.33. The number of nitro groups is 1. The van der Waals surface area contributed by atoms with Gasteiger partial charge in [0.25, 0.3) is 5.69 Å². The van der Waals surface area contributed by atoms with Gasteiger partial charge in [0.15, 0.2) is 0 Å². The standard InChI is InChI=1S/C23H18ClN3O3/c1-14-5-7-15(8-6-14)20-13-21-19-12-17(24)9-10-22(19)30-23(26(21)25-20)16-3-2-4-18(11-16)27(28)29/h2-12,21,23H,13H2,1H3. The number of halogens is 1. The van der Waals surface area contributed by atoms with Gasteiger partial charge in [-0.1, -0.05) is 53.6 Å². The Balaban J connectivity index is 1.60. The molecule has 2 aliphatic heterocycles. The van der Waals surface area contributed by atoms with E-state index in [1.807, 2.05) is 30.1 Å². The fraction of sp³-hybridized carbons (Fsp3) is 0.174. The molecule has 0 aliphatic carbocycles. The summed E-state index contributed by atoms with van der Waals surface area (Å²) in [5.74, 6) is 0.720. The van der Waals surface area contributed by atoms with Gasteiger partial charge in [0, 0.05) is 34.7 Å². The lowest BCUT2D eigenvalue weighted by molar-refractivity contribution is -0.385. The van der Waals surface area contributed by atoms with Crippen LogP contribution in [0.25, 0.3) is 0 Å². The number of fused-ring (bicyclic) bond motifs is 3. The third-order valence-electron chi connectivity index (χ3n) is 5.50. The van der Waals surface area contributed by atoms with Crippen molar-refractivity contribution in [2.45, 2.75) is 25.6 Å². The predicted octanol–water partition coefficient (Wildman–Crippen LogP) is 5.80. The average molecular weight is 420 g/mol. The van der Waals surface area contributed by atoms with Crippen LogP contribution in [0.15, 0.2) is 71.8 Å². The zero-order valence-corrected chi connectivity index (χ0v) is 16.9. The van der Waals surface area contributed by atoms with Gasteiger partial charge >= 0.3 is 0 Å². The number of nitrogens with zero attached hydrogens (tertiary/aromatic N) is 3. The molecular weight excluding hydrogens is 402 g/mol. The summed E-state index contributed by atoms with van der Waals surface area (Å²) in [5, 5.41) is 18.7. The molecule has 0 amide bonds. The number of hydrogen-bond donors (Lipinski definition) is 0. The molecule has 2 aliphatic rings. The molecule has 0 bridgehead atoms. The van der Waals surface area contributed by atoms with Crippen LogP contribution in [0.2, 0.25) is 5.02 Å². The number of non-ortho nitro benzene ring substituents is 1. The summed E-state index contributed by atoms with van der Waals surface area (Å²) in [7, 11) is 0. The van der Waals surface area contributed by atoms with E-state index in [2.05, 4.69) is 24.3 Å². The van der Waals surface area contributed by atoms with Crippen molar-refractivity contribution >= 4 is 23.0 Å². The maximum absolute atomic E-state index is 11.3. The second-order valence-corrected chi connectivity index (χ2v) is 7.95. The number of hydrazone groups is 1. The van der Waals surface area contributed by atoms with Crippen molar-refractivity contribution in [3.05, 3.63) is 104 Å². The first-order valence-electron chi connectivity index (χ1n) is 9.63. The Hall–Kier alpha value is -3.38. The summed E-state index contributed by atoms with van der Waals surface area (Å²) in [6, 6.07) is 20.3. The number of rotatable bonds is 3. The van der Waals surface area contributed by atoms with E-state index in [1.165, 1.54) is 11.6 Å². The molecule has 2 atom stereocenters. The molecule has 0 fully saturated rings. The summed E-state index contributed by atoms with van der Waals surface area (Å²) in [5.41, 5.74) is 4.86. The summed E-state index contributed by atoms with van der Waals surface area (Å²) in [6.07, 6.45) is 0.136. The molecular formula is C23H18ClN3O3. The van der Waals surface area contributed by atoms with Crippen molar-refractivity contribution in [3.63, 3.8) is 0 Å². The minimum atomic E-state index is -0.563. The largest absolute Gasteiger partial charge is 0.464 e. The molecule has 0 spiro atoms. The molecule has 0 N–H and O–H groups in total. The Morgan fingerprint density at radius 3 is 2.70 bits per heavy atom. The highest BCUT2D eigenvalue weighted by atomic mass is 35.5. The number of hydrogen-bond acceptors (Lipinski definition) is 5. The van der Waals surface area contributed by atoms with Crippen LogP contribution in [-0.2, 0) is 0 Å². The molecule has 2 unspecified atom stereocenters. The van der Waals surface area contributed by atoms with Gasteiger partial charge in [0.2, 0.25) is 6.23 Å². The molecule has 0 saturated carbocycles. The van der Waals surface area contributed by atoms with E-state index in [0.717, 1.165) is 22.6 Å². The van der Waals surface area contributed by atoms with E-state index in [0.29, 0.717) is 17.0 Å². The van der Waals surface area contributed by atoms with E-state index < -0.39 is 11.2 Å². The zero-order valence-electron chi connectivity index (χ0n) is 16.2. The summed E-state index contributed by atoms with van der Waals surface area (Å²) in [6.45, 7) is 2.05. The van der Waals surface area contributed by atoms with E-state index in [4.69, 9.17) is 21.4 Å². The van der Waals surface area contributed by atoms with E-state index in [-0.39, 0.29) is 11.7 Å². The Labute approximate surface area is 178 Å². The second kappa shape index (κ2) is 7.15. The first kappa shape index (κ1) is 18.6. The Kier molecular flexibility index (Phi) is 4.44. The minimum Gasteiger partial charge on any atom is -0.464 e. The topological polar surface area (TPSA) is 68.0 Å². The molecule has 6 nitrogen and oxygen atoms in total. The highest BCUT2D eigenvalue weighted by Crippen LogP contribution is 2.48. The van der Waals surface area contributed by atoms with E-state index in [1.54, 1.807) is 18.2 Å². The van der Waals surface area contributed by atoms with Crippen molar-refractivity contribution in [2.24, 2.45) is 5.10 Å². The molecule has 7 heteroatoms. The Morgan fingerprint density at radius 1 is 1.13 bits per heavy atom. The minimum absolute atomic E-state index is 0.0245. The molecule has 3 aromatic rings. The van der Waals surface area contributed by atoms with Gasteiger partial charge in [0.05, 0.1) is 16.7 Å². The van der Waals surface area contributed by atoms with Crippen molar-refractivity contribution in [1.82, 2.24) is 5.01 Å². The highest BCUT2D eigenvalue weighted by Gasteiger charge is 2.41. The zero-order chi connectivity index (χ0) is 20.8. The summed E-state index contributed by atoms with van der Waals surface area (Å²) >= 11 is 6.26. The van der Waals surface area contributed by atoms with Gasteiger partial charge in [-0.15, -0.1) is 0 Å². The quantitative estimate of drug-likeness (QED) is 0.397. The third-order valence-corrected chi connectivity index (χ3v) is 5.74. The van der Waals surface area contributed by atoms with Crippen LogP contribution in [0.3, 0.4) is 0 Å². The molecule has 3 aromatic carbocycles. The van der Waals surface area contributed by atoms with Crippen LogP contribution < -0.4 is 4.74 Å². The van der Waals surface area contributed by atoms with Gasteiger partial charge in [-0.25, -0.2) is 5.01 Å².